The Labute approximate surface area is 103 Å². The molecule has 0 atom stereocenters. The van der Waals surface area contributed by atoms with Gasteiger partial charge in [0.1, 0.15) is 6.07 Å². The van der Waals surface area contributed by atoms with Crippen LogP contribution in [0.4, 0.5) is 0 Å². The van der Waals surface area contributed by atoms with E-state index in [1.807, 2.05) is 0 Å². The predicted octanol–water partition coefficient (Wildman–Crippen LogP) is 0.0967. The third-order valence-corrected chi connectivity index (χ3v) is 1.72. The van der Waals surface area contributed by atoms with Gasteiger partial charge in [0.15, 0.2) is 5.69 Å². The maximum absolute atomic E-state index is 11.6. The lowest BCUT2D eigenvalue weighted by molar-refractivity contribution is 0.0465. The summed E-state index contributed by atoms with van der Waals surface area (Å²) in [5, 5.41) is 15.5. The molecule has 18 heavy (non-hydrogen) atoms. The lowest BCUT2D eigenvalue weighted by atomic mass is 10.3. The van der Waals surface area contributed by atoms with Crippen LogP contribution < -0.4 is 0 Å². The Morgan fingerprint density at radius 1 is 1.11 bits per heavy atom. The summed E-state index contributed by atoms with van der Waals surface area (Å²) >= 11 is 0. The van der Waals surface area contributed by atoms with Gasteiger partial charge in [-0.05, 0) is 13.8 Å². The summed E-state index contributed by atoms with van der Waals surface area (Å²) in [7, 11) is 0. The molecule has 8 heteroatoms. The van der Waals surface area contributed by atoms with Gasteiger partial charge >= 0.3 is 11.9 Å². The molecule has 0 amide bonds. The zero-order valence-corrected chi connectivity index (χ0v) is 9.84. The first-order chi connectivity index (χ1) is 8.63. The number of carbonyl (C=O) groups is 2. The van der Waals surface area contributed by atoms with Crippen LogP contribution in [0.3, 0.4) is 0 Å². The topological polar surface area (TPSA) is 115 Å². The van der Waals surface area contributed by atoms with Crippen molar-refractivity contribution in [3.63, 3.8) is 0 Å². The lowest BCUT2D eigenvalue weighted by Crippen LogP contribution is -2.19. The maximum atomic E-state index is 11.6. The molecule has 0 unspecified atom stereocenters. The zero-order valence-electron chi connectivity index (χ0n) is 9.84. The highest BCUT2D eigenvalue weighted by atomic mass is 16.5. The van der Waals surface area contributed by atoms with Crippen LogP contribution in [-0.4, -0.2) is 40.3 Å². The van der Waals surface area contributed by atoms with E-state index in [-0.39, 0.29) is 30.4 Å². The SMILES string of the molecule is CCOC(=O)c1nnc(C#N)nc1C(=O)OCC. The Morgan fingerprint density at radius 3 is 2.17 bits per heavy atom. The van der Waals surface area contributed by atoms with Crippen LogP contribution >= 0.6 is 0 Å². The minimum absolute atomic E-state index is 0.104. The van der Waals surface area contributed by atoms with E-state index in [4.69, 9.17) is 14.7 Å². The van der Waals surface area contributed by atoms with Gasteiger partial charge in [0.05, 0.1) is 13.2 Å². The summed E-state index contributed by atoms with van der Waals surface area (Å²) < 4.78 is 9.41. The molecule has 0 aliphatic heterocycles. The third kappa shape index (κ3) is 2.98. The van der Waals surface area contributed by atoms with Gasteiger partial charge in [-0.3, -0.25) is 0 Å². The second-order valence-corrected chi connectivity index (χ2v) is 2.89. The molecule has 0 N–H and O–H groups in total. The van der Waals surface area contributed by atoms with Crippen molar-refractivity contribution in [2.75, 3.05) is 13.2 Å². The van der Waals surface area contributed by atoms with Crippen LogP contribution in [-0.2, 0) is 9.47 Å². The van der Waals surface area contributed by atoms with Crippen LogP contribution in [0.5, 0.6) is 0 Å². The number of ether oxygens (including phenoxy) is 2. The van der Waals surface area contributed by atoms with E-state index in [0.717, 1.165) is 0 Å². The van der Waals surface area contributed by atoms with E-state index in [9.17, 15) is 9.59 Å². The van der Waals surface area contributed by atoms with Crippen molar-refractivity contribution in [3.05, 3.63) is 17.2 Å². The Balaban J connectivity index is 3.21. The molecule has 1 rings (SSSR count). The quantitative estimate of drug-likeness (QED) is 0.690. The van der Waals surface area contributed by atoms with E-state index in [2.05, 4.69) is 15.2 Å². The number of rotatable bonds is 4. The fraction of sp³-hybridized carbons (Fsp3) is 0.400. The number of hydrogen-bond acceptors (Lipinski definition) is 8. The van der Waals surface area contributed by atoms with Gasteiger partial charge in [-0.1, -0.05) is 0 Å². The number of carbonyl (C=O) groups excluding carboxylic acids is 2. The number of hydrogen-bond donors (Lipinski definition) is 0. The second-order valence-electron chi connectivity index (χ2n) is 2.89. The summed E-state index contributed by atoms with van der Waals surface area (Å²) in [6.07, 6.45) is 0. The van der Waals surface area contributed by atoms with E-state index < -0.39 is 11.9 Å². The molecular weight excluding hydrogens is 240 g/mol. The van der Waals surface area contributed by atoms with Gasteiger partial charge in [-0.15, -0.1) is 10.2 Å². The standard InChI is InChI=1S/C10H10N4O4/c1-3-17-9(15)7-8(10(16)18-4-2)14-13-6(5-11)12-7/h3-4H2,1-2H3. The molecule has 0 saturated heterocycles. The fourth-order valence-electron chi connectivity index (χ4n) is 1.05. The minimum Gasteiger partial charge on any atom is -0.461 e. The zero-order chi connectivity index (χ0) is 13.5. The van der Waals surface area contributed by atoms with Crippen LogP contribution in [0.15, 0.2) is 0 Å². The van der Waals surface area contributed by atoms with Gasteiger partial charge in [-0.25, -0.2) is 14.6 Å². The number of esters is 2. The van der Waals surface area contributed by atoms with Crippen molar-refractivity contribution in [1.82, 2.24) is 15.2 Å². The molecule has 0 bridgehead atoms. The van der Waals surface area contributed by atoms with Crippen molar-refractivity contribution in [1.29, 1.82) is 5.26 Å². The molecule has 0 spiro atoms. The minimum atomic E-state index is -0.855. The molecule has 0 fully saturated rings. The Kier molecular flexibility index (Phi) is 4.68. The third-order valence-electron chi connectivity index (χ3n) is 1.72. The molecule has 8 nitrogen and oxygen atoms in total. The smallest absolute Gasteiger partial charge is 0.361 e. The second kappa shape index (κ2) is 6.24. The molecule has 0 radical (unpaired) electrons. The highest BCUT2D eigenvalue weighted by Gasteiger charge is 2.24. The molecular formula is C10H10N4O4. The van der Waals surface area contributed by atoms with Crippen LogP contribution in [0.1, 0.15) is 40.6 Å². The summed E-state index contributed by atoms with van der Waals surface area (Å²) in [5.41, 5.74) is -0.740. The van der Waals surface area contributed by atoms with Gasteiger partial charge in [-0.2, -0.15) is 5.26 Å². The van der Waals surface area contributed by atoms with Crippen LogP contribution in [0, 0.1) is 11.3 Å². The summed E-state index contributed by atoms with van der Waals surface area (Å²) in [4.78, 5) is 26.7. The molecule has 0 aliphatic rings. The number of nitriles is 1. The van der Waals surface area contributed by atoms with Crippen molar-refractivity contribution in [2.45, 2.75) is 13.8 Å². The monoisotopic (exact) mass is 250 g/mol. The molecule has 0 saturated carbocycles. The molecule has 0 aromatic carbocycles. The highest BCUT2D eigenvalue weighted by molar-refractivity contribution is 6.00. The summed E-state index contributed by atoms with van der Waals surface area (Å²) in [5.74, 6) is -2.02. The lowest BCUT2D eigenvalue weighted by Gasteiger charge is -2.05. The molecule has 1 aromatic heterocycles. The van der Waals surface area contributed by atoms with E-state index in [1.165, 1.54) is 0 Å². The van der Waals surface area contributed by atoms with E-state index in [1.54, 1.807) is 19.9 Å². The molecule has 1 aromatic rings. The van der Waals surface area contributed by atoms with Crippen LogP contribution in [0.2, 0.25) is 0 Å². The number of aromatic nitrogens is 3. The number of nitrogens with zero attached hydrogens (tertiary/aromatic N) is 4. The van der Waals surface area contributed by atoms with Crippen molar-refractivity contribution < 1.29 is 19.1 Å². The van der Waals surface area contributed by atoms with Crippen molar-refractivity contribution in [2.24, 2.45) is 0 Å². The average Bonchev–Trinajstić information content (AvgIpc) is 2.38. The van der Waals surface area contributed by atoms with Gasteiger partial charge < -0.3 is 9.47 Å². The average molecular weight is 250 g/mol. The maximum Gasteiger partial charge on any atom is 0.361 e. The fourth-order valence-corrected chi connectivity index (χ4v) is 1.05. The van der Waals surface area contributed by atoms with Gasteiger partial charge in [0, 0.05) is 0 Å². The first-order valence-corrected chi connectivity index (χ1v) is 5.13. The van der Waals surface area contributed by atoms with E-state index in [0.29, 0.717) is 0 Å². The highest BCUT2D eigenvalue weighted by Crippen LogP contribution is 2.06. The van der Waals surface area contributed by atoms with E-state index >= 15 is 0 Å². The van der Waals surface area contributed by atoms with Gasteiger partial charge in [0.2, 0.25) is 5.69 Å². The Morgan fingerprint density at radius 2 is 1.67 bits per heavy atom. The predicted molar refractivity (Wildman–Crippen MR) is 56.5 cm³/mol. The Hall–Kier alpha value is -2.56. The van der Waals surface area contributed by atoms with Gasteiger partial charge in [0.25, 0.3) is 5.82 Å². The first-order valence-electron chi connectivity index (χ1n) is 5.13. The summed E-state index contributed by atoms with van der Waals surface area (Å²) in [6.45, 7) is 3.42. The van der Waals surface area contributed by atoms with Crippen molar-refractivity contribution in [3.8, 4) is 6.07 Å². The molecule has 94 valence electrons. The van der Waals surface area contributed by atoms with Crippen molar-refractivity contribution >= 4 is 11.9 Å². The summed E-state index contributed by atoms with van der Waals surface area (Å²) in [6, 6.07) is 1.62. The Bertz CT molecular complexity index is 509. The largest absolute Gasteiger partial charge is 0.461 e. The first kappa shape index (κ1) is 13.5. The normalized spacial score (nSPS) is 9.39. The molecule has 0 aliphatic carbocycles. The van der Waals surface area contributed by atoms with Crippen LogP contribution in [0.25, 0.3) is 0 Å². The molecule has 1 heterocycles.